The molecule has 0 radical (unpaired) electrons. The van der Waals surface area contributed by atoms with Gasteiger partial charge in [0.15, 0.2) is 6.61 Å². The third-order valence-electron chi connectivity index (χ3n) is 3.78. The molecule has 0 bridgehead atoms. The third-order valence-corrected chi connectivity index (χ3v) is 3.78. The molecule has 6 nitrogen and oxygen atoms in total. The Morgan fingerprint density at radius 2 is 1.73 bits per heavy atom. The SMILES string of the molecule is COCC(C)(CC(=O)O)NC(=O)COc1ccccc1-c1ccccc1. The van der Waals surface area contributed by atoms with Crippen molar-refractivity contribution < 1.29 is 24.2 Å². The van der Waals surface area contributed by atoms with E-state index < -0.39 is 17.4 Å². The summed E-state index contributed by atoms with van der Waals surface area (Å²) in [5, 5.41) is 11.7. The van der Waals surface area contributed by atoms with Crippen molar-refractivity contribution in [1.82, 2.24) is 5.32 Å². The van der Waals surface area contributed by atoms with Crippen molar-refractivity contribution >= 4 is 11.9 Å². The number of rotatable bonds is 9. The fourth-order valence-corrected chi connectivity index (χ4v) is 2.75. The molecule has 0 saturated heterocycles. The summed E-state index contributed by atoms with van der Waals surface area (Å²) in [4.78, 5) is 23.3. The van der Waals surface area contributed by atoms with Gasteiger partial charge < -0.3 is 19.9 Å². The molecule has 0 heterocycles. The van der Waals surface area contributed by atoms with E-state index in [1.807, 2.05) is 48.5 Å². The topological polar surface area (TPSA) is 84.9 Å². The molecule has 0 aromatic heterocycles. The summed E-state index contributed by atoms with van der Waals surface area (Å²) in [5.74, 6) is -0.839. The van der Waals surface area contributed by atoms with E-state index in [4.69, 9.17) is 14.6 Å². The molecule has 2 N–H and O–H groups in total. The monoisotopic (exact) mass is 357 g/mol. The van der Waals surface area contributed by atoms with Gasteiger partial charge in [-0.3, -0.25) is 9.59 Å². The highest BCUT2D eigenvalue weighted by Gasteiger charge is 2.29. The lowest BCUT2D eigenvalue weighted by Crippen LogP contribution is -2.52. The largest absolute Gasteiger partial charge is 0.483 e. The normalized spacial score (nSPS) is 12.8. The molecule has 2 rings (SSSR count). The van der Waals surface area contributed by atoms with Crippen LogP contribution >= 0.6 is 0 Å². The Labute approximate surface area is 152 Å². The van der Waals surface area contributed by atoms with Gasteiger partial charge in [-0.1, -0.05) is 48.5 Å². The lowest BCUT2D eigenvalue weighted by molar-refractivity contribution is -0.139. The van der Waals surface area contributed by atoms with Crippen LogP contribution in [0, 0.1) is 0 Å². The Balaban J connectivity index is 2.05. The average Bonchev–Trinajstić information content (AvgIpc) is 2.60. The van der Waals surface area contributed by atoms with Gasteiger partial charge in [-0.2, -0.15) is 0 Å². The first-order valence-electron chi connectivity index (χ1n) is 8.22. The van der Waals surface area contributed by atoms with Crippen LogP contribution in [0.3, 0.4) is 0 Å². The van der Waals surface area contributed by atoms with Crippen LogP contribution in [0.5, 0.6) is 5.75 Å². The zero-order valence-electron chi connectivity index (χ0n) is 14.9. The van der Waals surface area contributed by atoms with Crippen LogP contribution < -0.4 is 10.1 Å². The number of benzene rings is 2. The summed E-state index contributed by atoms with van der Waals surface area (Å²) in [6.07, 6.45) is -0.243. The van der Waals surface area contributed by atoms with Gasteiger partial charge in [0.05, 0.1) is 18.6 Å². The third kappa shape index (κ3) is 5.60. The first-order valence-corrected chi connectivity index (χ1v) is 8.22. The number of amides is 1. The van der Waals surface area contributed by atoms with E-state index in [1.165, 1.54) is 7.11 Å². The van der Waals surface area contributed by atoms with Gasteiger partial charge in [0, 0.05) is 12.7 Å². The highest BCUT2D eigenvalue weighted by molar-refractivity contribution is 5.80. The molecule has 6 heteroatoms. The van der Waals surface area contributed by atoms with Gasteiger partial charge >= 0.3 is 5.97 Å². The molecule has 1 amide bonds. The molecule has 1 atom stereocenters. The molecule has 26 heavy (non-hydrogen) atoms. The summed E-state index contributed by atoms with van der Waals surface area (Å²) >= 11 is 0. The number of hydrogen-bond acceptors (Lipinski definition) is 4. The summed E-state index contributed by atoms with van der Waals surface area (Å²) < 4.78 is 10.7. The Morgan fingerprint density at radius 3 is 2.38 bits per heavy atom. The highest BCUT2D eigenvalue weighted by Crippen LogP contribution is 2.29. The number of carbonyl (C=O) groups is 2. The number of hydrogen-bond donors (Lipinski definition) is 2. The average molecular weight is 357 g/mol. The number of carbonyl (C=O) groups excluding carboxylic acids is 1. The fraction of sp³-hybridized carbons (Fsp3) is 0.300. The van der Waals surface area contributed by atoms with Gasteiger partial charge in [-0.15, -0.1) is 0 Å². The molecular weight excluding hydrogens is 334 g/mol. The second kappa shape index (κ2) is 9.01. The minimum Gasteiger partial charge on any atom is -0.483 e. The van der Waals surface area contributed by atoms with E-state index in [0.717, 1.165) is 11.1 Å². The predicted molar refractivity (Wildman–Crippen MR) is 98.0 cm³/mol. The fourth-order valence-electron chi connectivity index (χ4n) is 2.75. The van der Waals surface area contributed by atoms with Gasteiger partial charge in [0.2, 0.25) is 0 Å². The Morgan fingerprint density at radius 1 is 1.08 bits per heavy atom. The standard InChI is InChI=1S/C20H23NO5/c1-20(14-25-2,12-19(23)24)21-18(22)13-26-17-11-7-6-10-16(17)15-8-4-3-5-9-15/h3-11H,12-14H2,1-2H3,(H,21,22)(H,23,24). The maximum absolute atomic E-state index is 12.3. The summed E-state index contributed by atoms with van der Waals surface area (Å²) in [5.41, 5.74) is 0.865. The zero-order valence-corrected chi connectivity index (χ0v) is 14.9. The zero-order chi connectivity index (χ0) is 19.0. The lowest BCUT2D eigenvalue weighted by atomic mass is 9.99. The molecule has 1 unspecified atom stereocenters. The van der Waals surface area contributed by atoms with Crippen molar-refractivity contribution in [3.63, 3.8) is 0 Å². The predicted octanol–water partition coefficient (Wildman–Crippen LogP) is 2.73. The van der Waals surface area contributed by atoms with Crippen LogP contribution in [0.1, 0.15) is 13.3 Å². The number of aliphatic carboxylic acids is 1. The van der Waals surface area contributed by atoms with E-state index in [9.17, 15) is 9.59 Å². The minimum absolute atomic E-state index is 0.0889. The molecular formula is C20H23NO5. The van der Waals surface area contributed by atoms with Crippen molar-refractivity contribution in [3.05, 3.63) is 54.6 Å². The number of methoxy groups -OCH3 is 1. The number of ether oxygens (including phenoxy) is 2. The van der Waals surface area contributed by atoms with Crippen LogP contribution in [0.25, 0.3) is 11.1 Å². The summed E-state index contributed by atoms with van der Waals surface area (Å²) in [7, 11) is 1.46. The first kappa shape index (κ1) is 19.5. The van der Waals surface area contributed by atoms with Crippen LogP contribution in [0.2, 0.25) is 0 Å². The molecule has 0 fully saturated rings. The van der Waals surface area contributed by atoms with Gasteiger partial charge in [0.25, 0.3) is 5.91 Å². The molecule has 138 valence electrons. The molecule has 0 saturated carbocycles. The van der Waals surface area contributed by atoms with E-state index in [2.05, 4.69) is 5.32 Å². The van der Waals surface area contributed by atoms with Crippen molar-refractivity contribution in [2.24, 2.45) is 0 Å². The maximum atomic E-state index is 12.3. The van der Waals surface area contributed by atoms with E-state index in [-0.39, 0.29) is 19.6 Å². The summed E-state index contributed by atoms with van der Waals surface area (Å²) in [6, 6.07) is 17.2. The highest BCUT2D eigenvalue weighted by atomic mass is 16.5. The van der Waals surface area contributed by atoms with Gasteiger partial charge in [-0.25, -0.2) is 0 Å². The first-order chi connectivity index (χ1) is 12.4. The van der Waals surface area contributed by atoms with E-state index >= 15 is 0 Å². The maximum Gasteiger partial charge on any atom is 0.305 e. The van der Waals surface area contributed by atoms with Gasteiger partial charge in [-0.05, 0) is 18.6 Å². The number of nitrogens with one attached hydrogen (secondary N) is 1. The van der Waals surface area contributed by atoms with E-state index in [0.29, 0.717) is 5.75 Å². The number of carboxylic acid groups (broad SMARTS) is 1. The molecule has 0 aliphatic rings. The number of para-hydroxylation sites is 1. The van der Waals surface area contributed by atoms with Crippen LogP contribution in [0.4, 0.5) is 0 Å². The Hall–Kier alpha value is -2.86. The Bertz CT molecular complexity index is 747. The van der Waals surface area contributed by atoms with Gasteiger partial charge in [0.1, 0.15) is 5.75 Å². The quantitative estimate of drug-likeness (QED) is 0.721. The molecule has 0 aliphatic heterocycles. The molecule has 0 aliphatic carbocycles. The molecule has 0 spiro atoms. The molecule has 2 aromatic rings. The summed E-state index contributed by atoms with van der Waals surface area (Å²) in [6.45, 7) is 1.49. The lowest BCUT2D eigenvalue weighted by Gasteiger charge is -2.28. The smallest absolute Gasteiger partial charge is 0.305 e. The number of carboxylic acids is 1. The Kier molecular flexibility index (Phi) is 6.74. The van der Waals surface area contributed by atoms with Crippen LogP contribution in [-0.2, 0) is 14.3 Å². The molecule has 2 aromatic carbocycles. The van der Waals surface area contributed by atoms with Crippen molar-refractivity contribution in [1.29, 1.82) is 0 Å². The van der Waals surface area contributed by atoms with Crippen LogP contribution in [-0.4, -0.2) is 42.8 Å². The second-order valence-electron chi connectivity index (χ2n) is 6.26. The second-order valence-corrected chi connectivity index (χ2v) is 6.26. The van der Waals surface area contributed by atoms with Crippen molar-refractivity contribution in [3.8, 4) is 16.9 Å². The minimum atomic E-state index is -1.01. The van der Waals surface area contributed by atoms with Crippen LogP contribution in [0.15, 0.2) is 54.6 Å². The van der Waals surface area contributed by atoms with Crippen molar-refractivity contribution in [2.75, 3.05) is 20.3 Å². The van der Waals surface area contributed by atoms with E-state index in [1.54, 1.807) is 13.0 Å². The van der Waals surface area contributed by atoms with Crippen molar-refractivity contribution in [2.45, 2.75) is 18.9 Å².